The van der Waals surface area contributed by atoms with Gasteiger partial charge in [0, 0.05) is 19.8 Å². The second-order valence-electron chi connectivity index (χ2n) is 10.9. The summed E-state index contributed by atoms with van der Waals surface area (Å²) in [5.41, 5.74) is 5.87. The maximum absolute atomic E-state index is 5.95. The summed E-state index contributed by atoms with van der Waals surface area (Å²) in [7, 11) is 0. The van der Waals surface area contributed by atoms with Gasteiger partial charge in [0.15, 0.2) is 0 Å². The highest BCUT2D eigenvalue weighted by Crippen LogP contribution is 2.12. The fraction of sp³-hybridized carbons (Fsp3) is 0.939. The smallest absolute Gasteiger partial charge is 0.0930 e. The minimum Gasteiger partial charge on any atom is -0.379 e. The molecule has 0 aromatic rings. The van der Waals surface area contributed by atoms with Gasteiger partial charge in [0.05, 0.1) is 12.7 Å². The number of unbranched alkanes of at least 4 members (excludes halogenated alkanes) is 21. The molecule has 0 aromatic carbocycles. The van der Waals surface area contributed by atoms with Crippen molar-refractivity contribution < 1.29 is 9.47 Å². The Morgan fingerprint density at radius 2 is 0.889 bits per heavy atom. The highest BCUT2D eigenvalue weighted by atomic mass is 16.5. The SMILES string of the molecule is CCCCCCCC/C=C\CCCCCCCCOC(CN)COCCCCCCCCCCCC. The molecule has 0 aliphatic heterocycles. The number of hydrogen-bond donors (Lipinski definition) is 1. The van der Waals surface area contributed by atoms with Crippen LogP contribution in [0.1, 0.15) is 168 Å². The minimum absolute atomic E-state index is 0.0660. The zero-order chi connectivity index (χ0) is 26.2. The van der Waals surface area contributed by atoms with Crippen LogP contribution in [-0.4, -0.2) is 32.5 Å². The van der Waals surface area contributed by atoms with Gasteiger partial charge in [-0.15, -0.1) is 0 Å². The maximum Gasteiger partial charge on any atom is 0.0930 e. The lowest BCUT2D eigenvalue weighted by Gasteiger charge is -2.16. The van der Waals surface area contributed by atoms with Crippen molar-refractivity contribution in [1.29, 1.82) is 0 Å². The molecular formula is C33H67NO2. The van der Waals surface area contributed by atoms with Crippen molar-refractivity contribution in [1.82, 2.24) is 0 Å². The predicted octanol–water partition coefficient (Wildman–Crippen LogP) is 10.3. The van der Waals surface area contributed by atoms with E-state index in [1.807, 2.05) is 0 Å². The molecule has 3 heteroatoms. The Balaban J connectivity index is 3.30. The van der Waals surface area contributed by atoms with Crippen molar-refractivity contribution in [2.24, 2.45) is 5.73 Å². The molecule has 0 aromatic heterocycles. The van der Waals surface area contributed by atoms with Gasteiger partial charge in [0.25, 0.3) is 0 Å². The molecule has 0 amide bonds. The summed E-state index contributed by atoms with van der Waals surface area (Å²) >= 11 is 0. The first-order chi connectivity index (χ1) is 17.8. The van der Waals surface area contributed by atoms with Crippen LogP contribution in [0.15, 0.2) is 12.2 Å². The van der Waals surface area contributed by atoms with Gasteiger partial charge in [0.1, 0.15) is 0 Å². The third-order valence-corrected chi connectivity index (χ3v) is 7.22. The zero-order valence-electron chi connectivity index (χ0n) is 24.9. The predicted molar refractivity (Wildman–Crippen MR) is 161 cm³/mol. The van der Waals surface area contributed by atoms with Crippen LogP contribution in [0, 0.1) is 0 Å². The van der Waals surface area contributed by atoms with Crippen molar-refractivity contribution in [3.8, 4) is 0 Å². The summed E-state index contributed by atoms with van der Waals surface area (Å²) in [6, 6.07) is 0. The summed E-state index contributed by atoms with van der Waals surface area (Å²) in [6.45, 7) is 7.46. The van der Waals surface area contributed by atoms with Gasteiger partial charge >= 0.3 is 0 Å². The average molecular weight is 510 g/mol. The lowest BCUT2D eigenvalue weighted by Crippen LogP contribution is -2.29. The molecule has 1 unspecified atom stereocenters. The van der Waals surface area contributed by atoms with E-state index in [2.05, 4.69) is 26.0 Å². The maximum atomic E-state index is 5.95. The molecule has 0 spiro atoms. The van der Waals surface area contributed by atoms with Crippen molar-refractivity contribution in [2.75, 3.05) is 26.4 Å². The summed E-state index contributed by atoms with van der Waals surface area (Å²) in [6.07, 6.45) is 37.2. The molecule has 0 saturated carbocycles. The van der Waals surface area contributed by atoms with E-state index in [-0.39, 0.29) is 6.10 Å². The van der Waals surface area contributed by atoms with Gasteiger partial charge < -0.3 is 15.2 Å². The molecule has 0 saturated heterocycles. The Kier molecular flexibility index (Phi) is 32.3. The topological polar surface area (TPSA) is 44.5 Å². The first kappa shape index (κ1) is 35.6. The molecule has 0 rings (SSSR count). The van der Waals surface area contributed by atoms with Crippen molar-refractivity contribution >= 4 is 0 Å². The van der Waals surface area contributed by atoms with E-state index in [9.17, 15) is 0 Å². The van der Waals surface area contributed by atoms with E-state index in [1.54, 1.807) is 0 Å². The van der Waals surface area contributed by atoms with Gasteiger partial charge in [-0.1, -0.05) is 142 Å². The standard InChI is InChI=1S/C33H67NO2/c1-3-5-7-9-11-13-15-16-17-18-19-20-22-24-26-28-30-36-33(31-34)32-35-29-27-25-23-21-14-12-10-8-6-4-2/h16-17,33H,3-15,18-32,34H2,1-2H3/b17-16-. The van der Waals surface area contributed by atoms with Crippen LogP contribution >= 0.6 is 0 Å². The third-order valence-electron chi connectivity index (χ3n) is 7.22. The van der Waals surface area contributed by atoms with Gasteiger partial charge in [-0.3, -0.25) is 0 Å². The Bertz CT molecular complexity index is 412. The van der Waals surface area contributed by atoms with E-state index in [0.717, 1.165) is 19.6 Å². The highest BCUT2D eigenvalue weighted by molar-refractivity contribution is 4.81. The molecule has 216 valence electrons. The van der Waals surface area contributed by atoms with Gasteiger partial charge in [-0.05, 0) is 38.5 Å². The Hall–Kier alpha value is -0.380. The van der Waals surface area contributed by atoms with Crippen LogP contribution in [0.4, 0.5) is 0 Å². The Morgan fingerprint density at radius 1 is 0.500 bits per heavy atom. The van der Waals surface area contributed by atoms with Crippen LogP contribution in [0.25, 0.3) is 0 Å². The molecule has 3 nitrogen and oxygen atoms in total. The minimum atomic E-state index is 0.0660. The first-order valence-corrected chi connectivity index (χ1v) is 16.4. The van der Waals surface area contributed by atoms with Crippen LogP contribution < -0.4 is 5.73 Å². The van der Waals surface area contributed by atoms with Crippen molar-refractivity contribution in [3.05, 3.63) is 12.2 Å². The molecule has 0 aliphatic carbocycles. The summed E-state index contributed by atoms with van der Waals surface area (Å²) in [5.74, 6) is 0. The molecule has 1 atom stereocenters. The van der Waals surface area contributed by atoms with E-state index in [0.29, 0.717) is 13.2 Å². The fourth-order valence-electron chi connectivity index (χ4n) is 4.69. The molecule has 0 heterocycles. The van der Waals surface area contributed by atoms with E-state index >= 15 is 0 Å². The van der Waals surface area contributed by atoms with Gasteiger partial charge in [-0.25, -0.2) is 0 Å². The lowest BCUT2D eigenvalue weighted by molar-refractivity contribution is -0.0136. The molecule has 0 bridgehead atoms. The summed E-state index contributed by atoms with van der Waals surface area (Å²) < 4.78 is 11.8. The van der Waals surface area contributed by atoms with Gasteiger partial charge in [0.2, 0.25) is 0 Å². The lowest BCUT2D eigenvalue weighted by atomic mass is 10.1. The summed E-state index contributed by atoms with van der Waals surface area (Å²) in [5, 5.41) is 0. The van der Waals surface area contributed by atoms with E-state index in [1.165, 1.54) is 148 Å². The normalized spacial score (nSPS) is 12.6. The molecular weight excluding hydrogens is 442 g/mol. The number of nitrogens with two attached hydrogens (primary N) is 1. The number of allylic oxidation sites excluding steroid dienone is 2. The zero-order valence-corrected chi connectivity index (χ0v) is 24.9. The number of hydrogen-bond acceptors (Lipinski definition) is 3. The molecule has 0 aliphatic rings. The highest BCUT2D eigenvalue weighted by Gasteiger charge is 2.06. The van der Waals surface area contributed by atoms with Crippen LogP contribution in [0.3, 0.4) is 0 Å². The first-order valence-electron chi connectivity index (χ1n) is 16.4. The second kappa shape index (κ2) is 32.6. The average Bonchev–Trinajstić information content (AvgIpc) is 2.89. The quantitative estimate of drug-likeness (QED) is 0.0746. The van der Waals surface area contributed by atoms with E-state index in [4.69, 9.17) is 15.2 Å². The van der Waals surface area contributed by atoms with Gasteiger partial charge in [-0.2, -0.15) is 0 Å². The van der Waals surface area contributed by atoms with Crippen LogP contribution in [-0.2, 0) is 9.47 Å². The molecule has 2 N–H and O–H groups in total. The second-order valence-corrected chi connectivity index (χ2v) is 10.9. The number of rotatable bonds is 31. The Morgan fingerprint density at radius 3 is 1.33 bits per heavy atom. The Labute approximate surface area is 227 Å². The fourth-order valence-corrected chi connectivity index (χ4v) is 4.69. The largest absolute Gasteiger partial charge is 0.379 e. The summed E-state index contributed by atoms with van der Waals surface area (Å²) in [4.78, 5) is 0. The molecule has 0 radical (unpaired) electrons. The third kappa shape index (κ3) is 29.8. The van der Waals surface area contributed by atoms with E-state index < -0.39 is 0 Å². The monoisotopic (exact) mass is 510 g/mol. The molecule has 36 heavy (non-hydrogen) atoms. The van der Waals surface area contributed by atoms with Crippen molar-refractivity contribution in [3.63, 3.8) is 0 Å². The van der Waals surface area contributed by atoms with Crippen LogP contribution in [0.2, 0.25) is 0 Å². The number of ether oxygens (including phenoxy) is 2. The molecule has 0 fully saturated rings. The van der Waals surface area contributed by atoms with Crippen LogP contribution in [0.5, 0.6) is 0 Å². The van der Waals surface area contributed by atoms with Crippen molar-refractivity contribution in [2.45, 2.75) is 174 Å².